The number of H-pyrrole nitrogens is 1. The molecule has 1 saturated heterocycles. The number of aryl methyl sites for hydroxylation is 1. The Balaban J connectivity index is 0.00000561. The fourth-order valence-electron chi connectivity index (χ4n) is 6.94. The number of hydrogen-bond donors (Lipinski definition) is 6. The number of alkyl halides is 2. The van der Waals surface area contributed by atoms with Crippen molar-refractivity contribution < 1.29 is 28.0 Å². The van der Waals surface area contributed by atoms with E-state index >= 15 is 0 Å². The van der Waals surface area contributed by atoms with Gasteiger partial charge in [-0.3, -0.25) is 24.3 Å². The van der Waals surface area contributed by atoms with Crippen LogP contribution in [0.3, 0.4) is 0 Å². The van der Waals surface area contributed by atoms with Gasteiger partial charge in [-0.1, -0.05) is 30.3 Å². The smallest absolute Gasteiger partial charge is 0.299 e. The number of halogens is 3. The molecule has 54 heavy (non-hydrogen) atoms. The molecule has 1 saturated carbocycles. The normalized spacial score (nSPS) is 18.9. The second kappa shape index (κ2) is 18.2. The molecule has 7 N–H and O–H groups in total. The Morgan fingerprint density at radius 2 is 1.65 bits per heavy atom. The first-order chi connectivity index (χ1) is 25.6. The van der Waals surface area contributed by atoms with Crippen molar-refractivity contribution in [1.82, 2.24) is 31.1 Å². The van der Waals surface area contributed by atoms with E-state index in [0.717, 1.165) is 41.5 Å². The SMILES string of the molecule is Cc1cc(C(=O)NC2CCCNC2=O)ccc1-c1ccc(C[C@H](NC(=O)C2CCC(CN)CC2)C(=O)Nc2ccc(-c3nc(C(F)F)n[nH]3)cc2)cc1.Cl. The zero-order valence-electron chi connectivity index (χ0n) is 29.9. The molecule has 15 heteroatoms. The number of carbonyl (C=O) groups excluding carboxylic acids is 4. The van der Waals surface area contributed by atoms with Crippen molar-refractivity contribution in [3.8, 4) is 22.5 Å². The number of hydrogen-bond acceptors (Lipinski definition) is 7. The van der Waals surface area contributed by atoms with Crippen molar-refractivity contribution in [2.75, 3.05) is 18.4 Å². The third-order valence-corrected chi connectivity index (χ3v) is 10.1. The zero-order chi connectivity index (χ0) is 37.5. The largest absolute Gasteiger partial charge is 0.354 e. The molecule has 0 bridgehead atoms. The van der Waals surface area contributed by atoms with Gasteiger partial charge in [-0.15, -0.1) is 12.4 Å². The molecule has 1 aliphatic carbocycles. The highest BCUT2D eigenvalue weighted by Gasteiger charge is 2.30. The maximum absolute atomic E-state index is 13.7. The Morgan fingerprint density at radius 1 is 0.944 bits per heavy atom. The van der Waals surface area contributed by atoms with Crippen LogP contribution in [0, 0.1) is 18.8 Å². The van der Waals surface area contributed by atoms with E-state index in [9.17, 15) is 28.0 Å². The molecular weight excluding hydrogens is 718 g/mol. The Morgan fingerprint density at radius 3 is 2.28 bits per heavy atom. The third kappa shape index (κ3) is 9.85. The molecule has 2 heterocycles. The lowest BCUT2D eigenvalue weighted by atomic mass is 9.81. The van der Waals surface area contributed by atoms with Gasteiger partial charge in [0.25, 0.3) is 12.3 Å². The van der Waals surface area contributed by atoms with Crippen molar-refractivity contribution in [2.24, 2.45) is 17.6 Å². The van der Waals surface area contributed by atoms with E-state index in [4.69, 9.17) is 5.73 Å². The zero-order valence-corrected chi connectivity index (χ0v) is 30.7. The number of nitrogens with one attached hydrogen (secondary N) is 5. The molecule has 1 aromatic heterocycles. The predicted molar refractivity (Wildman–Crippen MR) is 203 cm³/mol. The molecule has 4 amide bonds. The first kappa shape index (κ1) is 40.0. The lowest BCUT2D eigenvalue weighted by Gasteiger charge is -2.28. The van der Waals surface area contributed by atoms with Crippen molar-refractivity contribution >= 4 is 41.7 Å². The molecule has 6 rings (SSSR count). The van der Waals surface area contributed by atoms with Crippen LogP contribution in [0.25, 0.3) is 22.5 Å². The topological polar surface area (TPSA) is 184 Å². The minimum atomic E-state index is -2.80. The van der Waals surface area contributed by atoms with E-state index in [0.29, 0.717) is 55.1 Å². The van der Waals surface area contributed by atoms with Crippen LogP contribution in [0.5, 0.6) is 0 Å². The van der Waals surface area contributed by atoms with E-state index in [1.807, 2.05) is 37.3 Å². The van der Waals surface area contributed by atoms with E-state index in [1.165, 1.54) is 0 Å². The van der Waals surface area contributed by atoms with Gasteiger partial charge in [0.1, 0.15) is 12.1 Å². The van der Waals surface area contributed by atoms with Crippen LogP contribution in [0.1, 0.15) is 72.3 Å². The quantitative estimate of drug-likeness (QED) is 0.114. The second-order valence-electron chi connectivity index (χ2n) is 13.8. The summed E-state index contributed by atoms with van der Waals surface area (Å²) in [6.07, 6.45) is 2.01. The minimum Gasteiger partial charge on any atom is -0.354 e. The lowest BCUT2D eigenvalue weighted by Crippen LogP contribution is -2.50. The molecule has 2 atom stereocenters. The van der Waals surface area contributed by atoms with Crippen molar-refractivity contribution in [1.29, 1.82) is 0 Å². The van der Waals surface area contributed by atoms with E-state index in [2.05, 4.69) is 36.4 Å². The van der Waals surface area contributed by atoms with Crippen LogP contribution in [0.2, 0.25) is 0 Å². The molecule has 1 unspecified atom stereocenters. The van der Waals surface area contributed by atoms with Gasteiger partial charge < -0.3 is 27.0 Å². The van der Waals surface area contributed by atoms with Crippen LogP contribution < -0.4 is 27.0 Å². The summed E-state index contributed by atoms with van der Waals surface area (Å²) < 4.78 is 25.9. The molecule has 4 aromatic rings. The molecule has 0 spiro atoms. The van der Waals surface area contributed by atoms with E-state index in [1.54, 1.807) is 36.4 Å². The summed E-state index contributed by atoms with van der Waals surface area (Å²) in [6.45, 7) is 3.13. The molecular formula is C39H45ClF2N8O4. The number of amides is 4. The Hall–Kier alpha value is -5.21. The number of anilines is 1. The maximum Gasteiger partial charge on any atom is 0.299 e. The predicted octanol–water partition coefficient (Wildman–Crippen LogP) is 5.25. The van der Waals surface area contributed by atoms with Gasteiger partial charge in [-0.05, 0) is 117 Å². The minimum absolute atomic E-state index is 0. The summed E-state index contributed by atoms with van der Waals surface area (Å²) in [5, 5.41) is 17.5. The summed E-state index contributed by atoms with van der Waals surface area (Å²) in [7, 11) is 0. The highest BCUT2D eigenvalue weighted by Crippen LogP contribution is 2.29. The summed E-state index contributed by atoms with van der Waals surface area (Å²) in [6, 6.07) is 18.2. The first-order valence-electron chi connectivity index (χ1n) is 18.0. The number of aromatic amines is 1. The number of nitrogens with zero attached hydrogens (tertiary/aromatic N) is 2. The monoisotopic (exact) mass is 762 g/mol. The van der Waals surface area contributed by atoms with Gasteiger partial charge in [-0.2, -0.15) is 5.10 Å². The molecule has 2 aliphatic rings. The van der Waals surface area contributed by atoms with Crippen molar-refractivity contribution in [3.05, 3.63) is 89.2 Å². The Kier molecular flexibility index (Phi) is 13.5. The Bertz CT molecular complexity index is 1930. The number of nitrogens with two attached hydrogens (primary N) is 1. The summed E-state index contributed by atoms with van der Waals surface area (Å²) in [5.74, 6) is -1.26. The average Bonchev–Trinajstić information content (AvgIpc) is 3.67. The highest BCUT2D eigenvalue weighted by atomic mass is 35.5. The standard InChI is InChI=1S/C39H44F2N8O4.ClH/c1-22-19-28(37(51)45-31-3-2-18-43-38(31)52)14-17-30(22)25-8-4-23(5-9-25)20-32(46-36(50)27-10-6-24(21-42)7-11-27)39(53)44-29-15-12-26(13-16-29)34-47-35(33(40)41)49-48-34;/h4-5,8-9,12-17,19,24,27,31-33H,2-3,6-7,10-11,18,20-21,42H2,1H3,(H,43,52)(H,44,53)(H,45,51)(H,46,50)(H,47,48,49);1H/t24?,27?,31?,32-;/m0./s1. The van der Waals surface area contributed by atoms with Gasteiger partial charge in [0.2, 0.25) is 23.5 Å². The average molecular weight is 763 g/mol. The van der Waals surface area contributed by atoms with Crippen molar-refractivity contribution in [3.63, 3.8) is 0 Å². The van der Waals surface area contributed by atoms with Gasteiger partial charge in [0, 0.05) is 35.7 Å². The van der Waals surface area contributed by atoms with Crippen molar-refractivity contribution in [2.45, 2.75) is 70.4 Å². The van der Waals surface area contributed by atoms with Crippen LogP contribution in [-0.4, -0.2) is 64.0 Å². The number of rotatable bonds is 12. The molecule has 2 fully saturated rings. The summed E-state index contributed by atoms with van der Waals surface area (Å²) in [5.41, 5.74) is 10.9. The van der Waals surface area contributed by atoms with E-state index < -0.39 is 30.2 Å². The van der Waals surface area contributed by atoms with Gasteiger partial charge in [0.05, 0.1) is 0 Å². The van der Waals surface area contributed by atoms with Gasteiger partial charge >= 0.3 is 0 Å². The molecule has 1 aliphatic heterocycles. The fourth-order valence-corrected chi connectivity index (χ4v) is 6.94. The number of piperidine rings is 1. The fraction of sp³-hybridized carbons (Fsp3) is 0.385. The Labute approximate surface area is 318 Å². The van der Waals surface area contributed by atoms with E-state index in [-0.39, 0.29) is 48.3 Å². The number of benzene rings is 3. The van der Waals surface area contributed by atoms with Crippen LogP contribution >= 0.6 is 12.4 Å². The molecule has 3 aromatic carbocycles. The number of aromatic nitrogens is 3. The van der Waals surface area contributed by atoms with Crippen LogP contribution in [-0.2, 0) is 20.8 Å². The summed E-state index contributed by atoms with van der Waals surface area (Å²) in [4.78, 5) is 56.0. The van der Waals surface area contributed by atoms with Gasteiger partial charge in [0.15, 0.2) is 5.82 Å². The lowest BCUT2D eigenvalue weighted by molar-refractivity contribution is -0.130. The highest BCUT2D eigenvalue weighted by molar-refractivity contribution is 5.99. The second-order valence-corrected chi connectivity index (χ2v) is 13.8. The first-order valence-corrected chi connectivity index (χ1v) is 18.0. The molecule has 0 radical (unpaired) electrons. The van der Waals surface area contributed by atoms with Crippen LogP contribution in [0.15, 0.2) is 66.7 Å². The summed E-state index contributed by atoms with van der Waals surface area (Å²) >= 11 is 0. The van der Waals surface area contributed by atoms with Gasteiger partial charge in [-0.25, -0.2) is 13.8 Å². The third-order valence-electron chi connectivity index (χ3n) is 10.1. The van der Waals surface area contributed by atoms with Crippen LogP contribution in [0.4, 0.5) is 14.5 Å². The molecule has 12 nitrogen and oxygen atoms in total. The maximum atomic E-state index is 13.7. The number of carbonyl (C=O) groups is 4. The molecule has 286 valence electrons.